The SMILES string of the molecule is CC(C)(C)c1ccnc(-c2[c-]cccc2)c1.[2H]C([2H])([2H])c1ccc2c(c1)oc1nc3c(cc12)oc1c(-c2nc4ccccc4n2-c2c(C(C)C)cc(-c4ccccc4)cc2C(C)C)[c-]ccc13.[Ir]. The number of furan rings is 2. The summed E-state index contributed by atoms with van der Waals surface area (Å²) < 4.78 is 38.6. The Morgan fingerprint density at radius 2 is 1.42 bits per heavy atom. The van der Waals surface area contributed by atoms with E-state index < -0.39 is 6.85 Å². The Balaban J connectivity index is 0.000000289. The minimum atomic E-state index is -2.23. The predicted octanol–water partition coefficient (Wildman–Crippen LogP) is 15.8. The summed E-state index contributed by atoms with van der Waals surface area (Å²) in [6, 6.07) is 53.1. The Labute approximate surface area is 398 Å². The van der Waals surface area contributed by atoms with Crippen molar-refractivity contribution in [2.45, 2.75) is 72.6 Å². The zero-order chi connectivity index (χ0) is 46.8. The van der Waals surface area contributed by atoms with E-state index in [1.54, 1.807) is 18.2 Å². The first-order valence-electron chi connectivity index (χ1n) is 23.4. The molecular weight excluding hydrogens is 977 g/mol. The molecule has 0 saturated carbocycles. The normalized spacial score (nSPS) is 12.7. The van der Waals surface area contributed by atoms with Crippen LogP contribution in [-0.2, 0) is 25.5 Å². The van der Waals surface area contributed by atoms with Gasteiger partial charge in [0.15, 0.2) is 0 Å². The molecule has 0 amide bonds. The topological polar surface area (TPSA) is 69.9 Å². The average Bonchev–Trinajstić information content (AvgIpc) is 4.01. The molecule has 1 radical (unpaired) electrons. The molecule has 5 heterocycles. The third-order valence-electron chi connectivity index (χ3n) is 12.0. The van der Waals surface area contributed by atoms with Gasteiger partial charge in [0, 0.05) is 41.5 Å². The van der Waals surface area contributed by atoms with Crippen LogP contribution in [0.25, 0.3) is 94.6 Å². The summed E-state index contributed by atoms with van der Waals surface area (Å²) in [4.78, 5) is 14.6. The fraction of sp³-hybridized carbons (Fsp3) is 0.190. The van der Waals surface area contributed by atoms with E-state index in [2.05, 4.69) is 143 Å². The Morgan fingerprint density at radius 1 is 0.662 bits per heavy atom. The van der Waals surface area contributed by atoms with Crippen LogP contribution in [0.3, 0.4) is 0 Å². The number of rotatable bonds is 6. The molecule has 0 aliphatic rings. The molecule has 0 fully saturated rings. The third-order valence-corrected chi connectivity index (χ3v) is 12.0. The molecule has 0 unspecified atom stereocenters. The summed E-state index contributed by atoms with van der Waals surface area (Å²) in [5, 5.41) is 2.35. The molecule has 11 aromatic rings. The van der Waals surface area contributed by atoms with Crippen LogP contribution in [0.5, 0.6) is 0 Å². The van der Waals surface area contributed by atoms with Crippen LogP contribution >= 0.6 is 0 Å². The van der Waals surface area contributed by atoms with Crippen LogP contribution in [0.4, 0.5) is 0 Å². The Bertz CT molecular complexity index is 3590. The predicted molar refractivity (Wildman–Crippen MR) is 263 cm³/mol. The van der Waals surface area contributed by atoms with E-state index in [1.807, 2.05) is 54.7 Å². The summed E-state index contributed by atoms with van der Waals surface area (Å²) in [5.41, 5.74) is 15.1. The number of aromatic nitrogens is 4. The van der Waals surface area contributed by atoms with E-state index in [0.717, 1.165) is 55.5 Å². The molecule has 5 aromatic heterocycles. The van der Waals surface area contributed by atoms with Gasteiger partial charge in [-0.1, -0.05) is 115 Å². The molecule has 0 aliphatic carbocycles. The van der Waals surface area contributed by atoms with Gasteiger partial charge in [0.2, 0.25) is 5.71 Å². The molecule has 0 bridgehead atoms. The van der Waals surface area contributed by atoms with Crippen LogP contribution in [0.15, 0.2) is 155 Å². The largest absolute Gasteiger partial charge is 0.499 e. The number of fused-ring (bicyclic) bond motifs is 7. The molecule has 0 spiro atoms. The van der Waals surface area contributed by atoms with E-state index in [4.69, 9.17) is 22.9 Å². The molecule has 0 N–H and O–H groups in total. The number of imidazole rings is 1. The zero-order valence-electron chi connectivity index (χ0n) is 40.4. The number of hydrogen-bond donors (Lipinski definition) is 0. The van der Waals surface area contributed by atoms with Crippen LogP contribution in [-0.4, -0.2) is 19.5 Å². The van der Waals surface area contributed by atoms with Gasteiger partial charge in [-0.25, -0.2) is 4.98 Å². The van der Waals surface area contributed by atoms with Gasteiger partial charge in [-0.15, -0.1) is 54.1 Å². The van der Waals surface area contributed by atoms with Crippen molar-refractivity contribution in [1.29, 1.82) is 0 Å². The quantitative estimate of drug-likeness (QED) is 0.155. The second kappa shape index (κ2) is 17.4. The number of benzene rings is 6. The molecule has 0 atom stereocenters. The molecule has 6 aromatic carbocycles. The van der Waals surface area contributed by atoms with Gasteiger partial charge in [-0.2, -0.15) is 0 Å². The van der Waals surface area contributed by atoms with Gasteiger partial charge in [0.25, 0.3) is 0 Å². The van der Waals surface area contributed by atoms with Gasteiger partial charge >= 0.3 is 0 Å². The monoisotopic (exact) mass is 1030 g/mol. The average molecular weight is 1030 g/mol. The van der Waals surface area contributed by atoms with Gasteiger partial charge in [-0.3, -0.25) is 4.98 Å². The van der Waals surface area contributed by atoms with Crippen LogP contribution in [0, 0.1) is 19.0 Å². The molecule has 65 heavy (non-hydrogen) atoms. The number of para-hydroxylation sites is 2. The Hall–Kier alpha value is -6.66. The summed E-state index contributed by atoms with van der Waals surface area (Å²) in [6.07, 6.45) is 1.87. The van der Waals surface area contributed by atoms with Crippen molar-refractivity contribution >= 4 is 55.2 Å². The summed E-state index contributed by atoms with van der Waals surface area (Å²) in [5.74, 6) is 1.20. The molecule has 6 nitrogen and oxygen atoms in total. The Morgan fingerprint density at radius 3 is 2.14 bits per heavy atom. The number of aryl methyl sites for hydroxylation is 1. The maximum Gasteiger partial charge on any atom is 0.228 e. The molecule has 0 saturated heterocycles. The van der Waals surface area contributed by atoms with Crippen molar-refractivity contribution < 1.29 is 33.1 Å². The van der Waals surface area contributed by atoms with Crippen molar-refractivity contribution in [3.8, 4) is 39.5 Å². The molecule has 11 rings (SSSR count). The number of pyridine rings is 2. The molecule has 7 heteroatoms. The van der Waals surface area contributed by atoms with E-state index >= 15 is 0 Å². The molecule has 0 aliphatic heterocycles. The first-order chi connectivity index (χ1) is 32.1. The minimum Gasteiger partial charge on any atom is -0.499 e. The van der Waals surface area contributed by atoms with Crippen molar-refractivity contribution in [3.63, 3.8) is 0 Å². The van der Waals surface area contributed by atoms with Gasteiger partial charge in [0.05, 0.1) is 27.8 Å². The Kier molecular flexibility index (Phi) is 10.7. The van der Waals surface area contributed by atoms with Crippen LogP contribution < -0.4 is 0 Å². The maximum atomic E-state index is 7.82. The zero-order valence-corrected chi connectivity index (χ0v) is 39.8. The van der Waals surface area contributed by atoms with E-state index in [1.165, 1.54) is 27.8 Å². The first kappa shape index (κ1) is 39.9. The van der Waals surface area contributed by atoms with E-state index in [0.29, 0.717) is 28.0 Å². The summed E-state index contributed by atoms with van der Waals surface area (Å²) in [7, 11) is 0. The second-order valence-corrected chi connectivity index (χ2v) is 18.1. The van der Waals surface area contributed by atoms with Crippen molar-refractivity contribution in [1.82, 2.24) is 19.5 Å². The molecule has 325 valence electrons. The second-order valence-electron chi connectivity index (χ2n) is 18.1. The standard InChI is InChI=1S/C43H34N3O2.C15H16N.Ir/c1-24(2)32-21-28(27-12-7-6-8-13-27)22-33(25(3)4)40(32)46-36-17-10-9-16-35(36)44-42(46)31-15-11-14-30-39-38(47-41(30)31)23-34-29-19-18-26(5)20-37(29)48-43(34)45-39;1-15(2,3)13-9-10-16-14(11-13)12-7-5-4-6-8-12;/h6-14,16-25H,1-5H3;4-7,9-11H,1-3H3;/q2*-1;/i5D3;;. The van der Waals surface area contributed by atoms with Gasteiger partial charge < -0.3 is 18.4 Å². The van der Waals surface area contributed by atoms with Gasteiger partial charge in [-0.05, 0) is 111 Å². The van der Waals surface area contributed by atoms with E-state index in [9.17, 15) is 0 Å². The van der Waals surface area contributed by atoms with Crippen LogP contribution in [0.1, 0.15) is 86.7 Å². The number of hydrogen-bond acceptors (Lipinski definition) is 5. The van der Waals surface area contributed by atoms with Crippen molar-refractivity contribution in [2.24, 2.45) is 0 Å². The number of nitrogens with zero attached hydrogens (tertiary/aromatic N) is 4. The van der Waals surface area contributed by atoms with Crippen molar-refractivity contribution in [2.75, 3.05) is 0 Å². The summed E-state index contributed by atoms with van der Waals surface area (Å²) >= 11 is 0. The first-order valence-corrected chi connectivity index (χ1v) is 21.9. The van der Waals surface area contributed by atoms with Crippen LogP contribution in [0.2, 0.25) is 0 Å². The fourth-order valence-corrected chi connectivity index (χ4v) is 8.64. The van der Waals surface area contributed by atoms with Crippen molar-refractivity contribution in [3.05, 3.63) is 180 Å². The smallest absolute Gasteiger partial charge is 0.228 e. The fourth-order valence-electron chi connectivity index (χ4n) is 8.64. The van der Waals surface area contributed by atoms with Gasteiger partial charge in [0.1, 0.15) is 16.7 Å². The third kappa shape index (κ3) is 8.09. The summed E-state index contributed by atoms with van der Waals surface area (Å²) in [6.45, 7) is 13.4. The van der Waals surface area contributed by atoms with E-state index in [-0.39, 0.29) is 42.9 Å². The molecular formula is C58H50IrN4O2-2. The maximum absolute atomic E-state index is 7.82. The minimum absolute atomic E-state index is 0.